The highest BCUT2D eigenvalue weighted by Crippen LogP contribution is 2.15. The van der Waals surface area contributed by atoms with Gasteiger partial charge in [-0.25, -0.2) is 4.79 Å². The standard InChI is InChI=1S/C12H17IN2O3/c1-2-14-8-10(13)11(16)15(12(14)17)7-9-3-5-18-6-4-9/h8-9H,2-7H2,1H3. The van der Waals surface area contributed by atoms with E-state index in [9.17, 15) is 9.59 Å². The van der Waals surface area contributed by atoms with Crippen molar-refractivity contribution in [2.75, 3.05) is 13.2 Å². The van der Waals surface area contributed by atoms with Gasteiger partial charge in [0.15, 0.2) is 0 Å². The van der Waals surface area contributed by atoms with Gasteiger partial charge in [0, 0.05) is 32.5 Å². The number of hydrogen-bond donors (Lipinski definition) is 0. The number of aromatic nitrogens is 2. The first-order valence-electron chi connectivity index (χ1n) is 6.21. The Morgan fingerprint density at radius 3 is 2.67 bits per heavy atom. The molecule has 0 aromatic carbocycles. The normalized spacial score (nSPS) is 17.0. The molecule has 0 unspecified atom stereocenters. The van der Waals surface area contributed by atoms with E-state index >= 15 is 0 Å². The van der Waals surface area contributed by atoms with Crippen LogP contribution in [0.15, 0.2) is 15.8 Å². The van der Waals surface area contributed by atoms with Crippen molar-refractivity contribution in [1.82, 2.24) is 9.13 Å². The lowest BCUT2D eigenvalue weighted by Gasteiger charge is -2.22. The Bertz CT molecular complexity index is 529. The minimum atomic E-state index is -0.200. The first kappa shape index (κ1) is 13.8. The fraction of sp³-hybridized carbons (Fsp3) is 0.667. The maximum Gasteiger partial charge on any atom is 0.331 e. The molecule has 1 aliphatic rings. The zero-order valence-electron chi connectivity index (χ0n) is 10.4. The Balaban J connectivity index is 2.34. The van der Waals surface area contributed by atoms with Gasteiger partial charge in [-0.3, -0.25) is 13.9 Å². The molecule has 0 aliphatic carbocycles. The van der Waals surface area contributed by atoms with Crippen LogP contribution in [-0.4, -0.2) is 22.3 Å². The summed E-state index contributed by atoms with van der Waals surface area (Å²) in [5, 5.41) is 0. The van der Waals surface area contributed by atoms with E-state index in [-0.39, 0.29) is 11.2 Å². The number of halogens is 1. The van der Waals surface area contributed by atoms with E-state index in [2.05, 4.69) is 0 Å². The molecule has 1 aliphatic heterocycles. The predicted octanol–water partition coefficient (Wildman–Crippen LogP) is 1.06. The number of hydrogen-bond acceptors (Lipinski definition) is 3. The van der Waals surface area contributed by atoms with E-state index in [1.807, 2.05) is 29.5 Å². The van der Waals surface area contributed by atoms with Crippen LogP contribution in [0.25, 0.3) is 0 Å². The molecule has 1 saturated heterocycles. The van der Waals surface area contributed by atoms with Gasteiger partial charge in [0.25, 0.3) is 5.56 Å². The predicted molar refractivity (Wildman–Crippen MR) is 76.9 cm³/mol. The molecule has 0 bridgehead atoms. The average Bonchev–Trinajstić information content (AvgIpc) is 2.40. The van der Waals surface area contributed by atoms with Crippen LogP contribution in [0, 0.1) is 9.49 Å². The summed E-state index contributed by atoms with van der Waals surface area (Å²) in [6, 6.07) is 0. The summed E-state index contributed by atoms with van der Waals surface area (Å²) in [4.78, 5) is 24.2. The maximum absolute atomic E-state index is 12.1. The lowest BCUT2D eigenvalue weighted by Crippen LogP contribution is -2.42. The van der Waals surface area contributed by atoms with Gasteiger partial charge in [0.1, 0.15) is 0 Å². The summed E-state index contributed by atoms with van der Waals surface area (Å²) in [7, 11) is 0. The van der Waals surface area contributed by atoms with Crippen molar-refractivity contribution < 1.29 is 4.74 Å². The third-order valence-corrected chi connectivity index (χ3v) is 4.06. The summed E-state index contributed by atoms with van der Waals surface area (Å²) < 4.78 is 8.85. The van der Waals surface area contributed by atoms with Crippen molar-refractivity contribution in [1.29, 1.82) is 0 Å². The monoisotopic (exact) mass is 364 g/mol. The van der Waals surface area contributed by atoms with Crippen LogP contribution in [0.2, 0.25) is 0 Å². The van der Waals surface area contributed by atoms with E-state index in [0.29, 0.717) is 22.6 Å². The van der Waals surface area contributed by atoms with Crippen molar-refractivity contribution in [2.24, 2.45) is 5.92 Å². The van der Waals surface area contributed by atoms with Gasteiger partial charge >= 0.3 is 5.69 Å². The fourth-order valence-corrected chi connectivity index (χ4v) is 2.82. The number of ether oxygens (including phenoxy) is 1. The fourth-order valence-electron chi connectivity index (χ4n) is 2.19. The molecule has 6 heteroatoms. The summed E-state index contributed by atoms with van der Waals surface area (Å²) in [5.41, 5.74) is -0.369. The van der Waals surface area contributed by atoms with Gasteiger partial charge in [-0.2, -0.15) is 0 Å². The molecule has 5 nitrogen and oxygen atoms in total. The van der Waals surface area contributed by atoms with Gasteiger partial charge in [-0.15, -0.1) is 0 Å². The maximum atomic E-state index is 12.1. The van der Waals surface area contributed by atoms with E-state index in [1.165, 1.54) is 4.57 Å². The molecule has 0 atom stereocenters. The van der Waals surface area contributed by atoms with Crippen LogP contribution in [0.1, 0.15) is 19.8 Å². The summed E-state index contributed by atoms with van der Waals surface area (Å²) in [6.45, 7) is 4.46. The Hall–Kier alpha value is -0.630. The van der Waals surface area contributed by atoms with Crippen LogP contribution < -0.4 is 11.2 Å². The lowest BCUT2D eigenvalue weighted by atomic mass is 10.0. The van der Waals surface area contributed by atoms with Crippen molar-refractivity contribution >= 4 is 22.6 Å². The molecule has 1 aromatic rings. The Morgan fingerprint density at radius 2 is 2.06 bits per heavy atom. The van der Waals surface area contributed by atoms with Crippen molar-refractivity contribution in [3.05, 3.63) is 30.6 Å². The molecule has 0 N–H and O–H groups in total. The van der Waals surface area contributed by atoms with Gasteiger partial charge in [-0.05, 0) is 48.3 Å². The SMILES string of the molecule is CCn1cc(I)c(=O)n(CC2CCOCC2)c1=O. The Kier molecular flexibility index (Phi) is 4.60. The van der Waals surface area contributed by atoms with E-state index in [1.54, 1.807) is 10.8 Å². The summed E-state index contributed by atoms with van der Waals surface area (Å²) in [6.07, 6.45) is 3.47. The topological polar surface area (TPSA) is 53.2 Å². The highest BCUT2D eigenvalue weighted by Gasteiger charge is 2.17. The van der Waals surface area contributed by atoms with Crippen LogP contribution >= 0.6 is 22.6 Å². The van der Waals surface area contributed by atoms with Crippen molar-refractivity contribution in [3.8, 4) is 0 Å². The van der Waals surface area contributed by atoms with Crippen LogP contribution in [-0.2, 0) is 17.8 Å². The second-order valence-electron chi connectivity index (χ2n) is 4.52. The second kappa shape index (κ2) is 6.01. The number of aryl methyl sites for hydroxylation is 1. The largest absolute Gasteiger partial charge is 0.381 e. The molecule has 100 valence electrons. The van der Waals surface area contributed by atoms with E-state index < -0.39 is 0 Å². The van der Waals surface area contributed by atoms with Gasteiger partial charge in [0.2, 0.25) is 0 Å². The Labute approximate surface area is 119 Å². The molecule has 1 aromatic heterocycles. The van der Waals surface area contributed by atoms with Crippen LogP contribution in [0.3, 0.4) is 0 Å². The molecular weight excluding hydrogens is 347 g/mol. The van der Waals surface area contributed by atoms with Crippen LogP contribution in [0.5, 0.6) is 0 Å². The average molecular weight is 364 g/mol. The molecule has 2 rings (SSSR count). The smallest absolute Gasteiger partial charge is 0.331 e. The second-order valence-corrected chi connectivity index (χ2v) is 5.68. The highest BCUT2D eigenvalue weighted by atomic mass is 127. The first-order chi connectivity index (χ1) is 8.63. The minimum Gasteiger partial charge on any atom is -0.381 e. The van der Waals surface area contributed by atoms with Gasteiger partial charge in [0.05, 0.1) is 3.57 Å². The van der Waals surface area contributed by atoms with Gasteiger partial charge < -0.3 is 4.74 Å². The quantitative estimate of drug-likeness (QED) is 0.754. The lowest BCUT2D eigenvalue weighted by molar-refractivity contribution is 0.0603. The van der Waals surface area contributed by atoms with Gasteiger partial charge in [-0.1, -0.05) is 0 Å². The molecule has 18 heavy (non-hydrogen) atoms. The molecular formula is C12H17IN2O3. The number of nitrogens with zero attached hydrogens (tertiary/aromatic N) is 2. The molecule has 0 saturated carbocycles. The highest BCUT2D eigenvalue weighted by molar-refractivity contribution is 14.1. The molecule has 0 spiro atoms. The zero-order chi connectivity index (χ0) is 13.1. The molecule has 0 amide bonds. The summed E-state index contributed by atoms with van der Waals surface area (Å²) >= 11 is 1.99. The molecule has 2 heterocycles. The summed E-state index contributed by atoms with van der Waals surface area (Å²) in [5.74, 6) is 0.368. The van der Waals surface area contributed by atoms with Crippen molar-refractivity contribution in [2.45, 2.75) is 32.9 Å². The van der Waals surface area contributed by atoms with Crippen molar-refractivity contribution in [3.63, 3.8) is 0 Å². The zero-order valence-corrected chi connectivity index (χ0v) is 12.6. The minimum absolute atomic E-state index is 0.170. The van der Waals surface area contributed by atoms with E-state index in [4.69, 9.17) is 4.74 Å². The third kappa shape index (κ3) is 2.85. The molecule has 1 fully saturated rings. The third-order valence-electron chi connectivity index (χ3n) is 3.32. The Morgan fingerprint density at radius 1 is 1.39 bits per heavy atom. The van der Waals surface area contributed by atoms with E-state index in [0.717, 1.165) is 26.1 Å². The number of rotatable bonds is 3. The molecule has 0 radical (unpaired) electrons. The first-order valence-corrected chi connectivity index (χ1v) is 7.29. The van der Waals surface area contributed by atoms with Crippen LogP contribution in [0.4, 0.5) is 0 Å².